The molecule has 0 spiro atoms. The molecule has 1 aliphatic carbocycles. The zero-order valence-electron chi connectivity index (χ0n) is 8.30. The molecule has 0 aromatic heterocycles. The molecule has 0 bridgehead atoms. The Morgan fingerprint density at radius 3 is 2.77 bits per heavy atom. The van der Waals surface area contributed by atoms with Crippen LogP contribution in [0.1, 0.15) is 26.7 Å². The Hall–Kier alpha value is -0.770. The molecule has 1 atom stereocenters. The van der Waals surface area contributed by atoms with E-state index in [4.69, 9.17) is 5.73 Å². The van der Waals surface area contributed by atoms with Crippen molar-refractivity contribution < 1.29 is 9.53 Å². The van der Waals surface area contributed by atoms with Crippen LogP contribution in [-0.2, 0) is 4.74 Å². The molecule has 1 unspecified atom stereocenters. The van der Waals surface area contributed by atoms with E-state index in [0.29, 0.717) is 24.6 Å². The zero-order chi connectivity index (χ0) is 9.90. The third kappa shape index (κ3) is 3.22. The summed E-state index contributed by atoms with van der Waals surface area (Å²) in [6.45, 7) is 5.46. The quantitative estimate of drug-likeness (QED) is 0.626. The summed E-state index contributed by atoms with van der Waals surface area (Å²) in [6.07, 6.45) is 1.88. The molecule has 1 amide bonds. The highest BCUT2D eigenvalue weighted by Crippen LogP contribution is 2.47. The van der Waals surface area contributed by atoms with Gasteiger partial charge < -0.3 is 15.8 Å². The zero-order valence-corrected chi connectivity index (χ0v) is 8.30. The van der Waals surface area contributed by atoms with Crippen LogP contribution in [-0.4, -0.2) is 25.3 Å². The summed E-state index contributed by atoms with van der Waals surface area (Å²) in [5, 5.41) is 3.31. The summed E-state index contributed by atoms with van der Waals surface area (Å²) in [6, 6.07) is 0.490. The minimum Gasteiger partial charge on any atom is -0.448 e. The first-order valence-corrected chi connectivity index (χ1v) is 4.70. The van der Waals surface area contributed by atoms with Crippen molar-refractivity contribution >= 4 is 6.09 Å². The highest BCUT2D eigenvalue weighted by atomic mass is 16.5. The number of hydrogen-bond acceptors (Lipinski definition) is 3. The maximum atomic E-state index is 10.2. The van der Waals surface area contributed by atoms with E-state index in [1.165, 1.54) is 12.8 Å². The second kappa shape index (κ2) is 3.96. The van der Waals surface area contributed by atoms with Gasteiger partial charge in [-0.1, -0.05) is 6.92 Å². The van der Waals surface area contributed by atoms with Gasteiger partial charge in [-0.25, -0.2) is 4.79 Å². The van der Waals surface area contributed by atoms with E-state index in [1.54, 1.807) is 0 Å². The molecule has 13 heavy (non-hydrogen) atoms. The number of amides is 1. The van der Waals surface area contributed by atoms with Crippen LogP contribution in [0, 0.1) is 5.41 Å². The first-order chi connectivity index (χ1) is 6.04. The number of ether oxygens (including phenoxy) is 1. The van der Waals surface area contributed by atoms with E-state index >= 15 is 0 Å². The van der Waals surface area contributed by atoms with E-state index in [1.807, 2.05) is 0 Å². The second-order valence-electron chi connectivity index (χ2n) is 4.00. The van der Waals surface area contributed by atoms with Crippen LogP contribution >= 0.6 is 0 Å². The molecule has 1 rings (SSSR count). The molecule has 0 radical (unpaired) electrons. The van der Waals surface area contributed by atoms with E-state index < -0.39 is 6.09 Å². The molecular formula is C9H18N2O2. The number of nitrogens with two attached hydrogens (primary N) is 1. The Labute approximate surface area is 78.8 Å². The van der Waals surface area contributed by atoms with E-state index in [-0.39, 0.29) is 0 Å². The molecule has 0 saturated heterocycles. The average molecular weight is 186 g/mol. The summed E-state index contributed by atoms with van der Waals surface area (Å²) >= 11 is 0. The topological polar surface area (TPSA) is 64.3 Å². The first kappa shape index (κ1) is 10.3. The Morgan fingerprint density at radius 1 is 1.69 bits per heavy atom. The van der Waals surface area contributed by atoms with Gasteiger partial charge in [0.2, 0.25) is 0 Å². The maximum Gasteiger partial charge on any atom is 0.404 e. The summed E-state index contributed by atoms with van der Waals surface area (Å²) in [7, 11) is 0. The molecule has 4 nitrogen and oxygen atoms in total. The van der Waals surface area contributed by atoms with Gasteiger partial charge in [0, 0.05) is 12.6 Å². The van der Waals surface area contributed by atoms with Gasteiger partial charge in [-0.05, 0) is 25.2 Å². The van der Waals surface area contributed by atoms with Crippen LogP contribution in [0.5, 0.6) is 0 Å². The molecular weight excluding hydrogens is 168 g/mol. The molecule has 0 heterocycles. The number of carbonyl (C=O) groups excluding carboxylic acids is 1. The lowest BCUT2D eigenvalue weighted by atomic mass is 10.0. The van der Waals surface area contributed by atoms with Crippen LogP contribution in [0.2, 0.25) is 0 Å². The highest BCUT2D eigenvalue weighted by Gasteiger charge is 2.41. The third-order valence-corrected chi connectivity index (χ3v) is 2.88. The smallest absolute Gasteiger partial charge is 0.404 e. The van der Waals surface area contributed by atoms with E-state index in [0.717, 1.165) is 0 Å². The SMILES string of the molecule is CC(NCCOC(N)=O)C1(C)CC1. The second-order valence-corrected chi connectivity index (χ2v) is 4.00. The predicted molar refractivity (Wildman–Crippen MR) is 50.3 cm³/mol. The van der Waals surface area contributed by atoms with Crippen LogP contribution in [0.4, 0.5) is 4.79 Å². The number of nitrogens with one attached hydrogen (secondary N) is 1. The fourth-order valence-corrected chi connectivity index (χ4v) is 1.30. The standard InChI is InChI=1S/C9H18N2O2/c1-7(9(2)3-4-9)11-5-6-13-8(10)12/h7,11H,3-6H2,1-2H3,(H2,10,12). The molecule has 0 aliphatic heterocycles. The van der Waals surface area contributed by atoms with Crippen molar-refractivity contribution in [3.05, 3.63) is 0 Å². The summed E-state index contributed by atoms with van der Waals surface area (Å²) < 4.78 is 4.60. The fourth-order valence-electron chi connectivity index (χ4n) is 1.30. The van der Waals surface area contributed by atoms with E-state index in [9.17, 15) is 4.79 Å². The average Bonchev–Trinajstić information content (AvgIpc) is 2.78. The van der Waals surface area contributed by atoms with Crippen molar-refractivity contribution in [1.29, 1.82) is 0 Å². The summed E-state index contributed by atoms with van der Waals surface area (Å²) in [5.74, 6) is 0. The van der Waals surface area contributed by atoms with Crippen molar-refractivity contribution in [2.75, 3.05) is 13.2 Å². The van der Waals surface area contributed by atoms with Crippen LogP contribution in [0.3, 0.4) is 0 Å². The van der Waals surface area contributed by atoms with Gasteiger partial charge in [-0.3, -0.25) is 0 Å². The Morgan fingerprint density at radius 2 is 2.31 bits per heavy atom. The van der Waals surface area contributed by atoms with Crippen molar-refractivity contribution in [1.82, 2.24) is 5.32 Å². The molecule has 1 fully saturated rings. The van der Waals surface area contributed by atoms with Gasteiger partial charge in [0.25, 0.3) is 0 Å². The first-order valence-electron chi connectivity index (χ1n) is 4.70. The van der Waals surface area contributed by atoms with Crippen molar-refractivity contribution in [3.63, 3.8) is 0 Å². The van der Waals surface area contributed by atoms with Crippen molar-refractivity contribution in [3.8, 4) is 0 Å². The maximum absolute atomic E-state index is 10.2. The minimum atomic E-state index is -0.702. The molecule has 4 heteroatoms. The minimum absolute atomic E-state index is 0.357. The largest absolute Gasteiger partial charge is 0.448 e. The van der Waals surface area contributed by atoms with Crippen LogP contribution in [0.15, 0.2) is 0 Å². The third-order valence-electron chi connectivity index (χ3n) is 2.88. The number of rotatable bonds is 5. The highest BCUT2D eigenvalue weighted by molar-refractivity contribution is 5.64. The lowest BCUT2D eigenvalue weighted by molar-refractivity contribution is 0.155. The lowest BCUT2D eigenvalue weighted by Gasteiger charge is -2.19. The Kier molecular flexibility index (Phi) is 3.14. The predicted octanol–water partition coefficient (Wildman–Crippen LogP) is 0.860. The van der Waals surface area contributed by atoms with Crippen LogP contribution < -0.4 is 11.1 Å². The van der Waals surface area contributed by atoms with E-state index in [2.05, 4.69) is 23.9 Å². The van der Waals surface area contributed by atoms with Crippen molar-refractivity contribution in [2.24, 2.45) is 11.1 Å². The summed E-state index contributed by atoms with van der Waals surface area (Å²) in [4.78, 5) is 10.2. The monoisotopic (exact) mass is 186 g/mol. The summed E-state index contributed by atoms with van der Waals surface area (Å²) in [5.41, 5.74) is 5.28. The van der Waals surface area contributed by atoms with Gasteiger partial charge >= 0.3 is 6.09 Å². The van der Waals surface area contributed by atoms with Gasteiger partial charge in [0.15, 0.2) is 0 Å². The number of primary amides is 1. The molecule has 76 valence electrons. The van der Waals surface area contributed by atoms with Gasteiger partial charge in [-0.2, -0.15) is 0 Å². The number of hydrogen-bond donors (Lipinski definition) is 2. The Balaban J connectivity index is 2.02. The molecule has 3 N–H and O–H groups in total. The normalized spacial score (nSPS) is 20.8. The molecule has 0 aromatic carbocycles. The fraction of sp³-hybridized carbons (Fsp3) is 0.889. The Bertz CT molecular complexity index is 190. The van der Waals surface area contributed by atoms with Crippen molar-refractivity contribution in [2.45, 2.75) is 32.7 Å². The molecule has 1 saturated carbocycles. The van der Waals surface area contributed by atoms with Gasteiger partial charge in [0.1, 0.15) is 6.61 Å². The molecule has 0 aromatic rings. The number of carbonyl (C=O) groups is 1. The van der Waals surface area contributed by atoms with Gasteiger partial charge in [0.05, 0.1) is 0 Å². The molecule has 1 aliphatic rings. The lowest BCUT2D eigenvalue weighted by Crippen LogP contribution is -2.36. The van der Waals surface area contributed by atoms with Gasteiger partial charge in [-0.15, -0.1) is 0 Å². The van der Waals surface area contributed by atoms with Crippen LogP contribution in [0.25, 0.3) is 0 Å².